The molecule has 2 atom stereocenters. The maximum Gasteiger partial charge on any atom is 0.120 e. The topological polar surface area (TPSA) is 62.8 Å². The molecule has 36 heavy (non-hydrogen) atoms. The third kappa shape index (κ3) is 6.33. The van der Waals surface area contributed by atoms with Gasteiger partial charge in [0.1, 0.15) is 23.9 Å². The van der Waals surface area contributed by atoms with Crippen molar-refractivity contribution in [2.75, 3.05) is 25.6 Å². The van der Waals surface area contributed by atoms with Gasteiger partial charge >= 0.3 is 0 Å². The first-order valence-corrected chi connectivity index (χ1v) is 13.3. The Morgan fingerprint density at radius 1 is 0.944 bits per heavy atom. The molecule has 2 unspecified atom stereocenters. The number of fused-ring (bicyclic) bond motifs is 1. The molecule has 190 valence electrons. The van der Waals surface area contributed by atoms with E-state index < -0.39 is 0 Å². The zero-order valence-corrected chi connectivity index (χ0v) is 21.4. The van der Waals surface area contributed by atoms with Crippen LogP contribution in [0, 0.1) is 0 Å². The van der Waals surface area contributed by atoms with Crippen LogP contribution in [0.1, 0.15) is 54.4 Å². The number of hydrogen-bond acceptors (Lipinski definition) is 5. The summed E-state index contributed by atoms with van der Waals surface area (Å²) in [6.45, 7) is 3.85. The van der Waals surface area contributed by atoms with Gasteiger partial charge in [-0.2, -0.15) is 0 Å². The van der Waals surface area contributed by atoms with Crippen molar-refractivity contribution < 1.29 is 14.6 Å². The molecule has 0 saturated heterocycles. The number of nitrogens with one attached hydrogen (secondary N) is 2. The fourth-order valence-electron chi connectivity index (χ4n) is 5.26. The van der Waals surface area contributed by atoms with Crippen molar-refractivity contribution in [3.8, 4) is 17.2 Å². The summed E-state index contributed by atoms with van der Waals surface area (Å²) in [4.78, 5) is 0. The van der Waals surface area contributed by atoms with Crippen molar-refractivity contribution in [3.05, 3.63) is 82.9 Å². The van der Waals surface area contributed by atoms with Gasteiger partial charge in [0, 0.05) is 30.4 Å². The standard InChI is InChI=1S/C31H38N2O3/c1-21(17-22-3-11-28(12-4-22)36-16-15-32-26-8-9-26)33-31-20-29(35-2)13-14-30(31)25-6-5-24-19-27(34)10-7-23(24)18-25/h3-4,7,10-14,19-21,25-26,32-34H,5-6,8-9,15-18H2,1-2H3. The van der Waals surface area contributed by atoms with Crippen LogP contribution in [0.2, 0.25) is 0 Å². The van der Waals surface area contributed by atoms with Crippen LogP contribution in [0.25, 0.3) is 0 Å². The van der Waals surface area contributed by atoms with Gasteiger partial charge in [-0.05, 0) is 104 Å². The number of methoxy groups -OCH3 is 1. The van der Waals surface area contributed by atoms with E-state index in [2.05, 4.69) is 66.1 Å². The summed E-state index contributed by atoms with van der Waals surface area (Å²) < 4.78 is 11.4. The lowest BCUT2D eigenvalue weighted by Gasteiger charge is -2.28. The van der Waals surface area contributed by atoms with Gasteiger partial charge in [-0.25, -0.2) is 0 Å². The van der Waals surface area contributed by atoms with E-state index in [9.17, 15) is 5.11 Å². The molecule has 0 heterocycles. The maximum atomic E-state index is 9.84. The second-order valence-corrected chi connectivity index (χ2v) is 10.3. The van der Waals surface area contributed by atoms with E-state index in [0.717, 1.165) is 55.5 Å². The monoisotopic (exact) mass is 486 g/mol. The van der Waals surface area contributed by atoms with E-state index >= 15 is 0 Å². The molecule has 1 saturated carbocycles. The Morgan fingerprint density at radius 3 is 2.53 bits per heavy atom. The lowest BCUT2D eigenvalue weighted by molar-refractivity contribution is 0.313. The summed E-state index contributed by atoms with van der Waals surface area (Å²) in [6.07, 6.45) is 6.58. The minimum absolute atomic E-state index is 0.262. The lowest BCUT2D eigenvalue weighted by atomic mass is 9.79. The third-order valence-corrected chi connectivity index (χ3v) is 7.37. The Labute approximate surface area is 214 Å². The molecule has 5 heteroatoms. The number of phenols is 1. The first-order valence-electron chi connectivity index (χ1n) is 13.3. The summed E-state index contributed by atoms with van der Waals surface area (Å²) in [5, 5.41) is 17.1. The van der Waals surface area contributed by atoms with Gasteiger partial charge in [-0.15, -0.1) is 0 Å². The fourth-order valence-corrected chi connectivity index (χ4v) is 5.26. The van der Waals surface area contributed by atoms with Crippen LogP contribution < -0.4 is 20.1 Å². The van der Waals surface area contributed by atoms with Crippen LogP contribution in [0.4, 0.5) is 5.69 Å². The molecule has 0 aliphatic heterocycles. The summed E-state index contributed by atoms with van der Waals surface area (Å²) >= 11 is 0. The molecule has 0 amide bonds. The summed E-state index contributed by atoms with van der Waals surface area (Å²) in [7, 11) is 1.72. The molecule has 0 radical (unpaired) electrons. The van der Waals surface area contributed by atoms with E-state index in [0.29, 0.717) is 18.3 Å². The molecule has 2 aliphatic carbocycles. The number of rotatable bonds is 11. The zero-order chi connectivity index (χ0) is 24.9. The molecular formula is C31H38N2O3. The second kappa shape index (κ2) is 11.3. The van der Waals surface area contributed by atoms with Crippen molar-refractivity contribution in [3.63, 3.8) is 0 Å². The number of ether oxygens (including phenoxy) is 2. The fraction of sp³-hybridized carbons (Fsp3) is 0.419. The SMILES string of the molecule is COc1ccc(C2CCc3cc(O)ccc3C2)c(NC(C)Cc2ccc(OCCNC3CC3)cc2)c1. The molecule has 1 fully saturated rings. The van der Waals surface area contributed by atoms with Crippen molar-refractivity contribution in [2.45, 2.75) is 63.5 Å². The molecule has 5 rings (SSSR count). The van der Waals surface area contributed by atoms with Crippen molar-refractivity contribution in [1.29, 1.82) is 0 Å². The molecule has 0 aromatic heterocycles. The van der Waals surface area contributed by atoms with Gasteiger partial charge in [0.2, 0.25) is 0 Å². The van der Waals surface area contributed by atoms with Crippen LogP contribution in [0.15, 0.2) is 60.7 Å². The minimum atomic E-state index is 0.262. The first-order chi connectivity index (χ1) is 17.6. The predicted molar refractivity (Wildman–Crippen MR) is 146 cm³/mol. The van der Waals surface area contributed by atoms with E-state index in [1.54, 1.807) is 13.2 Å². The summed E-state index contributed by atoms with van der Waals surface area (Å²) in [6, 6.07) is 21.7. The highest BCUT2D eigenvalue weighted by Gasteiger charge is 2.23. The number of aryl methyl sites for hydroxylation is 1. The van der Waals surface area contributed by atoms with Crippen LogP contribution in [-0.4, -0.2) is 37.5 Å². The normalized spacial score (nSPS) is 17.8. The number of anilines is 1. The highest BCUT2D eigenvalue weighted by molar-refractivity contribution is 5.58. The van der Waals surface area contributed by atoms with Crippen LogP contribution in [0.5, 0.6) is 17.2 Å². The van der Waals surface area contributed by atoms with E-state index in [1.165, 1.54) is 35.1 Å². The Balaban J connectivity index is 1.21. The van der Waals surface area contributed by atoms with Crippen molar-refractivity contribution in [2.24, 2.45) is 0 Å². The van der Waals surface area contributed by atoms with E-state index in [1.807, 2.05) is 6.07 Å². The van der Waals surface area contributed by atoms with E-state index in [4.69, 9.17) is 9.47 Å². The maximum absolute atomic E-state index is 9.84. The Kier molecular flexibility index (Phi) is 7.66. The number of hydrogen-bond donors (Lipinski definition) is 3. The van der Waals surface area contributed by atoms with Gasteiger partial charge in [0.15, 0.2) is 0 Å². The highest BCUT2D eigenvalue weighted by Crippen LogP contribution is 2.38. The molecule has 3 aromatic carbocycles. The molecule has 2 aliphatic rings. The molecule has 0 spiro atoms. The van der Waals surface area contributed by atoms with Gasteiger partial charge < -0.3 is 25.2 Å². The average Bonchev–Trinajstić information content (AvgIpc) is 3.72. The third-order valence-electron chi connectivity index (χ3n) is 7.37. The van der Waals surface area contributed by atoms with Gasteiger partial charge in [0.25, 0.3) is 0 Å². The number of aromatic hydroxyl groups is 1. The van der Waals surface area contributed by atoms with Crippen molar-refractivity contribution in [1.82, 2.24) is 5.32 Å². The first kappa shape index (κ1) is 24.5. The summed E-state index contributed by atoms with van der Waals surface area (Å²) in [5.41, 5.74) is 6.38. The quantitative estimate of drug-likeness (QED) is 0.297. The van der Waals surface area contributed by atoms with E-state index in [-0.39, 0.29) is 6.04 Å². The molecule has 5 nitrogen and oxygen atoms in total. The Morgan fingerprint density at radius 2 is 1.75 bits per heavy atom. The van der Waals surface area contributed by atoms with Gasteiger partial charge in [-0.3, -0.25) is 0 Å². The molecule has 0 bridgehead atoms. The smallest absolute Gasteiger partial charge is 0.120 e. The molecule has 3 N–H and O–H groups in total. The predicted octanol–water partition coefficient (Wildman–Crippen LogP) is 5.85. The Hall–Kier alpha value is -3.18. The minimum Gasteiger partial charge on any atom is -0.508 e. The average molecular weight is 487 g/mol. The van der Waals surface area contributed by atoms with Crippen LogP contribution >= 0.6 is 0 Å². The van der Waals surface area contributed by atoms with Crippen LogP contribution in [-0.2, 0) is 19.3 Å². The highest BCUT2D eigenvalue weighted by atomic mass is 16.5. The second-order valence-electron chi connectivity index (χ2n) is 10.3. The van der Waals surface area contributed by atoms with Gasteiger partial charge in [0.05, 0.1) is 7.11 Å². The van der Waals surface area contributed by atoms with Crippen molar-refractivity contribution >= 4 is 5.69 Å². The lowest BCUT2D eigenvalue weighted by Crippen LogP contribution is -2.22. The zero-order valence-electron chi connectivity index (χ0n) is 21.4. The number of benzene rings is 3. The molecular weight excluding hydrogens is 448 g/mol. The Bertz CT molecular complexity index is 1160. The van der Waals surface area contributed by atoms with Gasteiger partial charge in [-0.1, -0.05) is 24.3 Å². The largest absolute Gasteiger partial charge is 0.508 e. The summed E-state index contributed by atoms with van der Waals surface area (Å²) in [5.74, 6) is 2.59. The molecule has 3 aromatic rings. The van der Waals surface area contributed by atoms with Crippen LogP contribution in [0.3, 0.4) is 0 Å². The number of phenolic OH excluding ortho intramolecular Hbond substituents is 1.